The standard InChI is InChI=1S/C12H11F3N2O/c1-8(5-6-16)11(18)17-10-4-2-3-9(7-10)12(13,14)15/h2-4,7-8H,5H2,1H3,(H,17,18). The lowest BCUT2D eigenvalue weighted by molar-refractivity contribution is -0.137. The molecule has 6 heteroatoms. The lowest BCUT2D eigenvalue weighted by atomic mass is 10.1. The molecule has 18 heavy (non-hydrogen) atoms. The van der Waals surface area contributed by atoms with E-state index in [-0.39, 0.29) is 12.1 Å². The van der Waals surface area contributed by atoms with Crippen LogP contribution in [0.3, 0.4) is 0 Å². The van der Waals surface area contributed by atoms with Crippen LogP contribution in [0.25, 0.3) is 0 Å². The van der Waals surface area contributed by atoms with E-state index in [1.165, 1.54) is 19.1 Å². The summed E-state index contributed by atoms with van der Waals surface area (Å²) in [5.41, 5.74) is -0.757. The van der Waals surface area contributed by atoms with Gasteiger partial charge in [-0.1, -0.05) is 13.0 Å². The quantitative estimate of drug-likeness (QED) is 0.902. The first-order chi connectivity index (χ1) is 8.34. The number of nitrogens with zero attached hydrogens (tertiary/aromatic N) is 1. The van der Waals surface area contributed by atoms with Gasteiger partial charge in [0.25, 0.3) is 0 Å². The van der Waals surface area contributed by atoms with E-state index >= 15 is 0 Å². The number of anilines is 1. The van der Waals surface area contributed by atoms with Crippen molar-refractivity contribution in [2.45, 2.75) is 19.5 Å². The fourth-order valence-electron chi connectivity index (χ4n) is 1.27. The van der Waals surface area contributed by atoms with Crippen LogP contribution in [0, 0.1) is 17.2 Å². The third-order valence-corrected chi connectivity index (χ3v) is 2.30. The number of carbonyl (C=O) groups is 1. The lowest BCUT2D eigenvalue weighted by Gasteiger charge is -2.11. The predicted molar refractivity (Wildman–Crippen MR) is 59.5 cm³/mol. The first kappa shape index (κ1) is 14.0. The molecule has 0 saturated heterocycles. The Balaban J connectivity index is 2.81. The van der Waals surface area contributed by atoms with Crippen molar-refractivity contribution in [1.29, 1.82) is 5.26 Å². The van der Waals surface area contributed by atoms with Crippen LogP contribution >= 0.6 is 0 Å². The summed E-state index contributed by atoms with van der Waals surface area (Å²) in [7, 11) is 0. The van der Waals surface area contributed by atoms with Gasteiger partial charge in [-0.15, -0.1) is 0 Å². The number of hydrogen-bond acceptors (Lipinski definition) is 2. The Labute approximate surface area is 102 Å². The normalized spacial score (nSPS) is 12.6. The summed E-state index contributed by atoms with van der Waals surface area (Å²) in [6, 6.07) is 6.20. The van der Waals surface area contributed by atoms with Gasteiger partial charge >= 0.3 is 6.18 Å². The van der Waals surface area contributed by atoms with E-state index in [0.717, 1.165) is 12.1 Å². The number of benzene rings is 1. The van der Waals surface area contributed by atoms with Gasteiger partial charge in [-0.3, -0.25) is 4.79 Å². The SMILES string of the molecule is CC(CC#N)C(=O)Nc1cccc(C(F)(F)F)c1. The maximum atomic E-state index is 12.4. The molecule has 0 aliphatic heterocycles. The molecule has 1 N–H and O–H groups in total. The van der Waals surface area contributed by atoms with Gasteiger partial charge in [0, 0.05) is 18.0 Å². The molecule has 0 aromatic heterocycles. The second kappa shape index (κ2) is 5.54. The highest BCUT2D eigenvalue weighted by molar-refractivity contribution is 5.92. The zero-order valence-corrected chi connectivity index (χ0v) is 9.58. The Morgan fingerprint density at radius 3 is 2.72 bits per heavy atom. The smallest absolute Gasteiger partial charge is 0.326 e. The molecule has 0 aliphatic carbocycles. The molecule has 3 nitrogen and oxygen atoms in total. The Morgan fingerprint density at radius 1 is 1.50 bits per heavy atom. The zero-order valence-electron chi connectivity index (χ0n) is 9.58. The van der Waals surface area contributed by atoms with Gasteiger partial charge in [-0.2, -0.15) is 18.4 Å². The molecule has 1 aromatic carbocycles. The molecule has 1 aromatic rings. The summed E-state index contributed by atoms with van der Waals surface area (Å²) in [4.78, 5) is 11.5. The van der Waals surface area contributed by atoms with Crippen molar-refractivity contribution >= 4 is 11.6 Å². The molecule has 0 fully saturated rings. The molecule has 1 atom stereocenters. The highest BCUT2D eigenvalue weighted by Gasteiger charge is 2.30. The molecule has 0 saturated carbocycles. The van der Waals surface area contributed by atoms with E-state index in [9.17, 15) is 18.0 Å². The van der Waals surface area contributed by atoms with E-state index in [4.69, 9.17) is 5.26 Å². The van der Waals surface area contributed by atoms with E-state index in [1.54, 1.807) is 0 Å². The van der Waals surface area contributed by atoms with Crippen LogP contribution in [0.15, 0.2) is 24.3 Å². The number of nitrogens with one attached hydrogen (secondary N) is 1. The molecule has 1 rings (SSSR count). The second-order valence-corrected chi connectivity index (χ2v) is 3.83. The highest BCUT2D eigenvalue weighted by Crippen LogP contribution is 2.30. The predicted octanol–water partition coefficient (Wildman–Crippen LogP) is 3.19. The van der Waals surface area contributed by atoms with Crippen LogP contribution in [0.2, 0.25) is 0 Å². The van der Waals surface area contributed by atoms with E-state index in [0.29, 0.717) is 0 Å². The van der Waals surface area contributed by atoms with Gasteiger partial charge < -0.3 is 5.32 Å². The summed E-state index contributed by atoms with van der Waals surface area (Å²) in [5, 5.41) is 10.8. The Kier molecular flexibility index (Phi) is 4.32. The van der Waals surface area contributed by atoms with Gasteiger partial charge in [0.2, 0.25) is 5.91 Å². The van der Waals surface area contributed by atoms with Crippen LogP contribution in [0.4, 0.5) is 18.9 Å². The maximum Gasteiger partial charge on any atom is 0.416 e. The molecule has 1 unspecified atom stereocenters. The first-order valence-electron chi connectivity index (χ1n) is 5.19. The minimum Gasteiger partial charge on any atom is -0.326 e. The van der Waals surface area contributed by atoms with Gasteiger partial charge in [0.1, 0.15) is 0 Å². The number of hydrogen-bond donors (Lipinski definition) is 1. The van der Waals surface area contributed by atoms with Crippen LogP contribution in [0.5, 0.6) is 0 Å². The van der Waals surface area contributed by atoms with Crippen molar-refractivity contribution in [3.8, 4) is 6.07 Å². The average molecular weight is 256 g/mol. The number of rotatable bonds is 3. The van der Waals surface area contributed by atoms with Gasteiger partial charge in [0.05, 0.1) is 11.6 Å². The summed E-state index contributed by atoms with van der Waals surface area (Å²) < 4.78 is 37.3. The fraction of sp³-hybridized carbons (Fsp3) is 0.333. The summed E-state index contributed by atoms with van der Waals surface area (Å²) >= 11 is 0. The Bertz CT molecular complexity index is 477. The number of nitriles is 1. The average Bonchev–Trinajstić information content (AvgIpc) is 2.28. The molecular weight excluding hydrogens is 245 g/mol. The molecule has 0 heterocycles. The van der Waals surface area contributed by atoms with E-state index in [2.05, 4.69) is 5.32 Å². The second-order valence-electron chi connectivity index (χ2n) is 3.83. The maximum absolute atomic E-state index is 12.4. The fourth-order valence-corrected chi connectivity index (χ4v) is 1.27. The van der Waals surface area contributed by atoms with Crippen LogP contribution in [-0.4, -0.2) is 5.91 Å². The van der Waals surface area contributed by atoms with Crippen LogP contribution < -0.4 is 5.32 Å². The number of amides is 1. The Hall–Kier alpha value is -2.03. The largest absolute Gasteiger partial charge is 0.416 e. The van der Waals surface area contributed by atoms with Crippen molar-refractivity contribution in [3.05, 3.63) is 29.8 Å². The van der Waals surface area contributed by atoms with Crippen molar-refractivity contribution < 1.29 is 18.0 Å². The van der Waals surface area contributed by atoms with E-state index in [1.807, 2.05) is 6.07 Å². The van der Waals surface area contributed by atoms with Crippen molar-refractivity contribution in [2.75, 3.05) is 5.32 Å². The topological polar surface area (TPSA) is 52.9 Å². The number of alkyl halides is 3. The minimum absolute atomic E-state index is 0.0186. The van der Waals surface area contributed by atoms with Gasteiger partial charge in [-0.05, 0) is 18.2 Å². The summed E-state index contributed by atoms with van der Waals surface area (Å²) in [6.07, 6.45) is -4.43. The molecule has 0 spiro atoms. The number of halogens is 3. The van der Waals surface area contributed by atoms with Crippen LogP contribution in [0.1, 0.15) is 18.9 Å². The monoisotopic (exact) mass is 256 g/mol. The summed E-state index contributed by atoms with van der Waals surface area (Å²) in [6.45, 7) is 1.53. The molecule has 0 aliphatic rings. The first-order valence-corrected chi connectivity index (χ1v) is 5.19. The van der Waals surface area contributed by atoms with Crippen molar-refractivity contribution in [1.82, 2.24) is 0 Å². The molecule has 1 amide bonds. The molecule has 96 valence electrons. The lowest BCUT2D eigenvalue weighted by Crippen LogP contribution is -2.20. The van der Waals surface area contributed by atoms with Crippen LogP contribution in [-0.2, 0) is 11.0 Å². The minimum atomic E-state index is -4.45. The van der Waals surface area contributed by atoms with Crippen molar-refractivity contribution in [3.63, 3.8) is 0 Å². The third kappa shape index (κ3) is 3.77. The number of carbonyl (C=O) groups excluding carboxylic acids is 1. The zero-order chi connectivity index (χ0) is 13.8. The van der Waals surface area contributed by atoms with E-state index < -0.39 is 23.6 Å². The Morgan fingerprint density at radius 2 is 2.17 bits per heavy atom. The molecular formula is C12H11F3N2O. The molecule has 0 radical (unpaired) electrons. The van der Waals surface area contributed by atoms with Gasteiger partial charge in [-0.25, -0.2) is 0 Å². The highest BCUT2D eigenvalue weighted by atomic mass is 19.4. The molecule has 0 bridgehead atoms. The van der Waals surface area contributed by atoms with Crippen molar-refractivity contribution in [2.24, 2.45) is 5.92 Å². The van der Waals surface area contributed by atoms with Gasteiger partial charge in [0.15, 0.2) is 0 Å². The third-order valence-electron chi connectivity index (χ3n) is 2.30. The summed E-state index contributed by atoms with van der Waals surface area (Å²) in [5.74, 6) is -1.04.